The summed E-state index contributed by atoms with van der Waals surface area (Å²) in [6, 6.07) is 11.2. The number of benzene rings is 2. The Morgan fingerprint density at radius 1 is 1.12 bits per heavy atom. The molecule has 0 aromatic heterocycles. The molecule has 0 fully saturated rings. The fourth-order valence-electron chi connectivity index (χ4n) is 2.19. The number of para-hydroxylation sites is 2. The lowest BCUT2D eigenvalue weighted by Crippen LogP contribution is -2.24. The Bertz CT molecular complexity index is 834. The number of amides is 1. The molecule has 0 atom stereocenters. The van der Waals surface area contributed by atoms with Gasteiger partial charge in [0.2, 0.25) is 0 Å². The van der Waals surface area contributed by atoms with E-state index in [9.17, 15) is 19.7 Å². The molecule has 0 saturated carbocycles. The molecule has 0 aliphatic heterocycles. The highest BCUT2D eigenvalue weighted by Crippen LogP contribution is 2.25. The smallest absolute Gasteiger partial charge is 0.344 e. The maximum absolute atomic E-state index is 11.9. The Morgan fingerprint density at radius 2 is 1.85 bits per heavy atom. The molecule has 8 heteroatoms. The quantitative estimate of drug-likeness (QED) is 0.463. The number of nitro groups is 1. The molecule has 0 saturated heterocycles. The highest BCUT2D eigenvalue weighted by Gasteiger charge is 2.16. The third-order valence-corrected chi connectivity index (χ3v) is 3.43. The minimum atomic E-state index is -0.807. The van der Waals surface area contributed by atoms with Crippen LogP contribution in [0.15, 0.2) is 42.5 Å². The summed E-state index contributed by atoms with van der Waals surface area (Å²) in [6.45, 7) is 2.78. The van der Waals surface area contributed by atoms with Crippen LogP contribution < -0.4 is 10.1 Å². The Labute approximate surface area is 149 Å². The monoisotopic (exact) mass is 358 g/mol. The summed E-state index contributed by atoms with van der Waals surface area (Å²) in [7, 11) is 0. The van der Waals surface area contributed by atoms with Gasteiger partial charge in [0.05, 0.1) is 4.92 Å². The summed E-state index contributed by atoms with van der Waals surface area (Å²) in [5.74, 6) is -1.34. The van der Waals surface area contributed by atoms with Gasteiger partial charge < -0.3 is 14.8 Å². The van der Waals surface area contributed by atoms with Crippen molar-refractivity contribution >= 4 is 23.3 Å². The molecule has 26 heavy (non-hydrogen) atoms. The first kappa shape index (κ1) is 18.9. The van der Waals surface area contributed by atoms with E-state index < -0.39 is 30.0 Å². The van der Waals surface area contributed by atoms with Crippen LogP contribution in [0.4, 0.5) is 11.4 Å². The summed E-state index contributed by atoms with van der Waals surface area (Å²) < 4.78 is 9.91. The molecule has 1 amide bonds. The van der Waals surface area contributed by atoms with Gasteiger partial charge in [0, 0.05) is 11.8 Å². The molecule has 0 unspecified atom stereocenters. The normalized spacial score (nSPS) is 10.1. The van der Waals surface area contributed by atoms with Crippen LogP contribution in [-0.2, 0) is 14.3 Å². The fraction of sp³-hybridized carbons (Fsp3) is 0.222. The minimum Gasteiger partial charge on any atom is -0.475 e. The van der Waals surface area contributed by atoms with Crippen molar-refractivity contribution in [3.63, 3.8) is 0 Å². The standard InChI is InChI=1S/C18H18N2O6/c1-12-7-8-14(13(2)9-12)19-17(21)10-26-18(22)11-25-16-6-4-3-5-15(16)20(23)24/h3-9H,10-11H2,1-2H3,(H,19,21). The van der Waals surface area contributed by atoms with Gasteiger partial charge in [-0.3, -0.25) is 14.9 Å². The maximum atomic E-state index is 11.9. The maximum Gasteiger partial charge on any atom is 0.344 e. The van der Waals surface area contributed by atoms with Gasteiger partial charge in [0.1, 0.15) is 0 Å². The topological polar surface area (TPSA) is 108 Å². The van der Waals surface area contributed by atoms with Crippen LogP contribution >= 0.6 is 0 Å². The number of nitrogens with one attached hydrogen (secondary N) is 1. The number of aryl methyl sites for hydroxylation is 2. The number of hydrogen-bond donors (Lipinski definition) is 1. The molecule has 2 aromatic rings. The van der Waals surface area contributed by atoms with Gasteiger partial charge in [-0.15, -0.1) is 0 Å². The predicted molar refractivity (Wildman–Crippen MR) is 94.1 cm³/mol. The number of hydrogen-bond acceptors (Lipinski definition) is 6. The van der Waals surface area contributed by atoms with Crippen LogP contribution in [0.25, 0.3) is 0 Å². The third-order valence-electron chi connectivity index (χ3n) is 3.43. The second kappa shape index (κ2) is 8.61. The van der Waals surface area contributed by atoms with Crippen molar-refractivity contribution in [3.8, 4) is 5.75 Å². The van der Waals surface area contributed by atoms with E-state index in [4.69, 9.17) is 9.47 Å². The van der Waals surface area contributed by atoms with Crippen molar-refractivity contribution in [2.75, 3.05) is 18.5 Å². The Kier molecular flexibility index (Phi) is 6.26. The lowest BCUT2D eigenvalue weighted by molar-refractivity contribution is -0.385. The second-order valence-electron chi connectivity index (χ2n) is 5.54. The lowest BCUT2D eigenvalue weighted by atomic mass is 10.1. The summed E-state index contributed by atoms with van der Waals surface area (Å²) in [4.78, 5) is 33.8. The molecular weight excluding hydrogens is 340 g/mol. The molecular formula is C18H18N2O6. The van der Waals surface area contributed by atoms with Gasteiger partial charge in [-0.1, -0.05) is 29.8 Å². The van der Waals surface area contributed by atoms with E-state index in [1.165, 1.54) is 18.2 Å². The molecule has 0 spiro atoms. The molecule has 0 heterocycles. The van der Waals surface area contributed by atoms with Crippen LogP contribution in [0.3, 0.4) is 0 Å². The number of rotatable bonds is 7. The van der Waals surface area contributed by atoms with Crippen molar-refractivity contribution in [2.45, 2.75) is 13.8 Å². The van der Waals surface area contributed by atoms with Gasteiger partial charge in [0.25, 0.3) is 5.91 Å². The molecule has 1 N–H and O–H groups in total. The number of esters is 1. The van der Waals surface area contributed by atoms with Gasteiger partial charge in [-0.2, -0.15) is 0 Å². The summed E-state index contributed by atoms with van der Waals surface area (Å²) in [5.41, 5.74) is 2.34. The van der Waals surface area contributed by atoms with Crippen molar-refractivity contribution < 1.29 is 24.0 Å². The molecule has 0 bridgehead atoms. The van der Waals surface area contributed by atoms with E-state index in [2.05, 4.69) is 5.32 Å². The number of carbonyl (C=O) groups excluding carboxylic acids is 2. The van der Waals surface area contributed by atoms with E-state index in [-0.39, 0.29) is 11.4 Å². The molecule has 0 aliphatic rings. The molecule has 0 radical (unpaired) electrons. The number of ether oxygens (including phenoxy) is 2. The van der Waals surface area contributed by atoms with Gasteiger partial charge in [0.15, 0.2) is 19.0 Å². The zero-order valence-electron chi connectivity index (χ0n) is 14.4. The van der Waals surface area contributed by atoms with Crippen LogP contribution in [0.5, 0.6) is 5.75 Å². The van der Waals surface area contributed by atoms with Gasteiger partial charge in [-0.05, 0) is 31.5 Å². The zero-order chi connectivity index (χ0) is 19.1. The first-order valence-electron chi connectivity index (χ1n) is 7.76. The van der Waals surface area contributed by atoms with Crippen molar-refractivity contribution in [1.82, 2.24) is 0 Å². The van der Waals surface area contributed by atoms with E-state index >= 15 is 0 Å². The first-order valence-corrected chi connectivity index (χ1v) is 7.76. The third kappa shape index (κ3) is 5.30. The zero-order valence-corrected chi connectivity index (χ0v) is 14.4. The first-order chi connectivity index (χ1) is 12.4. The summed E-state index contributed by atoms with van der Waals surface area (Å²) in [6.07, 6.45) is 0. The van der Waals surface area contributed by atoms with Crippen LogP contribution in [-0.4, -0.2) is 30.0 Å². The molecule has 136 valence electrons. The Hall–Kier alpha value is -3.42. The van der Waals surface area contributed by atoms with Crippen molar-refractivity contribution in [2.24, 2.45) is 0 Å². The largest absolute Gasteiger partial charge is 0.475 e. The van der Waals surface area contributed by atoms with Crippen LogP contribution in [0.1, 0.15) is 11.1 Å². The average Bonchev–Trinajstić information content (AvgIpc) is 2.60. The average molecular weight is 358 g/mol. The highest BCUT2D eigenvalue weighted by molar-refractivity contribution is 5.93. The lowest BCUT2D eigenvalue weighted by Gasteiger charge is -2.10. The van der Waals surface area contributed by atoms with Crippen LogP contribution in [0, 0.1) is 24.0 Å². The number of carbonyl (C=O) groups is 2. The molecule has 2 rings (SSSR count). The van der Waals surface area contributed by atoms with Gasteiger partial charge >= 0.3 is 11.7 Å². The van der Waals surface area contributed by atoms with E-state index in [0.29, 0.717) is 5.69 Å². The molecule has 8 nitrogen and oxygen atoms in total. The fourth-order valence-corrected chi connectivity index (χ4v) is 2.19. The van der Waals surface area contributed by atoms with Crippen LogP contribution in [0.2, 0.25) is 0 Å². The van der Waals surface area contributed by atoms with E-state index in [1.807, 2.05) is 26.0 Å². The summed E-state index contributed by atoms with van der Waals surface area (Å²) in [5, 5.41) is 13.5. The Morgan fingerprint density at radius 3 is 2.54 bits per heavy atom. The molecule has 2 aromatic carbocycles. The number of anilines is 1. The predicted octanol–water partition coefficient (Wildman–Crippen LogP) is 2.77. The SMILES string of the molecule is Cc1ccc(NC(=O)COC(=O)COc2ccccc2[N+](=O)[O-])c(C)c1. The number of nitro benzene ring substituents is 1. The molecule has 0 aliphatic carbocycles. The Balaban J connectivity index is 1.81. The summed E-state index contributed by atoms with van der Waals surface area (Å²) >= 11 is 0. The van der Waals surface area contributed by atoms with E-state index in [0.717, 1.165) is 11.1 Å². The van der Waals surface area contributed by atoms with E-state index in [1.54, 1.807) is 12.1 Å². The van der Waals surface area contributed by atoms with Gasteiger partial charge in [-0.25, -0.2) is 4.79 Å². The van der Waals surface area contributed by atoms with Crippen molar-refractivity contribution in [3.05, 3.63) is 63.7 Å². The second-order valence-corrected chi connectivity index (χ2v) is 5.54. The highest BCUT2D eigenvalue weighted by atomic mass is 16.6. The number of nitrogens with zero attached hydrogens (tertiary/aromatic N) is 1. The van der Waals surface area contributed by atoms with Crippen molar-refractivity contribution in [1.29, 1.82) is 0 Å². The minimum absolute atomic E-state index is 0.0471.